The maximum absolute atomic E-state index is 9.60. The van der Waals surface area contributed by atoms with Crippen LogP contribution in [0.2, 0.25) is 0 Å². The van der Waals surface area contributed by atoms with Crippen LogP contribution in [0.15, 0.2) is 0 Å². The first-order chi connectivity index (χ1) is 4.58. The van der Waals surface area contributed by atoms with Gasteiger partial charge in [-0.3, -0.25) is 0 Å². The summed E-state index contributed by atoms with van der Waals surface area (Å²) in [5.41, 5.74) is -0.601. The highest BCUT2D eigenvalue weighted by Gasteiger charge is 2.43. The summed E-state index contributed by atoms with van der Waals surface area (Å²) in [6.45, 7) is 4.94. The zero-order chi connectivity index (χ0) is 7.78. The van der Waals surface area contributed by atoms with E-state index in [4.69, 9.17) is 5.26 Å². The van der Waals surface area contributed by atoms with Crippen LogP contribution in [0.4, 0.5) is 0 Å². The van der Waals surface area contributed by atoms with E-state index in [9.17, 15) is 5.11 Å². The van der Waals surface area contributed by atoms with Crippen molar-refractivity contribution in [2.24, 2.45) is 5.92 Å². The van der Waals surface area contributed by atoms with Crippen LogP contribution >= 0.6 is 0 Å². The van der Waals surface area contributed by atoms with Crippen LogP contribution in [0.3, 0.4) is 0 Å². The Labute approximate surface area is 60.9 Å². The second-order valence-electron chi connectivity index (χ2n) is 3.21. The lowest BCUT2D eigenvalue weighted by Gasteiger charge is -2.46. The van der Waals surface area contributed by atoms with Crippen LogP contribution in [-0.4, -0.2) is 28.7 Å². The summed E-state index contributed by atoms with van der Waals surface area (Å²) in [7, 11) is 0. The van der Waals surface area contributed by atoms with E-state index in [0.29, 0.717) is 13.1 Å². The van der Waals surface area contributed by atoms with Crippen molar-refractivity contribution >= 4 is 0 Å². The van der Waals surface area contributed by atoms with E-state index in [1.165, 1.54) is 0 Å². The third kappa shape index (κ3) is 0.952. The fourth-order valence-electron chi connectivity index (χ4n) is 1.05. The number of aliphatic hydroxyl groups is 1. The second kappa shape index (κ2) is 2.14. The molecule has 0 aliphatic carbocycles. The molecule has 10 heavy (non-hydrogen) atoms. The maximum Gasteiger partial charge on any atom is 0.179 e. The van der Waals surface area contributed by atoms with Crippen LogP contribution in [0, 0.1) is 17.4 Å². The van der Waals surface area contributed by atoms with E-state index in [1.54, 1.807) is 4.90 Å². The summed E-state index contributed by atoms with van der Waals surface area (Å²) >= 11 is 0. The molecule has 0 atom stereocenters. The monoisotopic (exact) mass is 140 g/mol. The molecule has 3 heteroatoms. The third-order valence-corrected chi connectivity index (χ3v) is 2.15. The van der Waals surface area contributed by atoms with Gasteiger partial charge in [0.25, 0.3) is 0 Å². The molecule has 0 bridgehead atoms. The Morgan fingerprint density at radius 2 is 2.10 bits per heavy atom. The molecule has 1 rings (SSSR count). The highest BCUT2D eigenvalue weighted by atomic mass is 16.3. The van der Waals surface area contributed by atoms with Crippen LogP contribution in [0.5, 0.6) is 0 Å². The van der Waals surface area contributed by atoms with Gasteiger partial charge in [0.05, 0.1) is 13.1 Å². The van der Waals surface area contributed by atoms with Gasteiger partial charge < -0.3 is 10.0 Å². The summed E-state index contributed by atoms with van der Waals surface area (Å²) in [5.74, 6) is 0.247. The lowest BCUT2D eigenvalue weighted by atomic mass is 9.83. The molecule has 0 aromatic rings. The van der Waals surface area contributed by atoms with Crippen molar-refractivity contribution in [1.29, 1.82) is 5.26 Å². The number of β-amino-alcohol motifs (C(OH)–C–C–N with tert-alkyl or cyclic N) is 1. The number of nitriles is 1. The highest BCUT2D eigenvalue weighted by molar-refractivity contribution is 5.02. The van der Waals surface area contributed by atoms with Crippen molar-refractivity contribution in [2.75, 3.05) is 13.1 Å². The number of likely N-dealkylation sites (tertiary alicyclic amines) is 1. The van der Waals surface area contributed by atoms with E-state index in [1.807, 2.05) is 20.0 Å². The zero-order valence-corrected chi connectivity index (χ0v) is 6.33. The summed E-state index contributed by atoms with van der Waals surface area (Å²) in [6.07, 6.45) is 1.98. The van der Waals surface area contributed by atoms with E-state index in [2.05, 4.69) is 0 Å². The van der Waals surface area contributed by atoms with Crippen molar-refractivity contribution in [3.8, 4) is 6.19 Å². The molecule has 0 aromatic carbocycles. The number of nitrogens with zero attached hydrogens (tertiary/aromatic N) is 2. The van der Waals surface area contributed by atoms with Crippen LogP contribution < -0.4 is 0 Å². The summed E-state index contributed by atoms with van der Waals surface area (Å²) < 4.78 is 0. The SMILES string of the molecule is CC(C)C1(O)CN(C#N)C1. The van der Waals surface area contributed by atoms with Crippen LogP contribution in [0.1, 0.15) is 13.8 Å². The van der Waals surface area contributed by atoms with E-state index in [0.717, 1.165) is 0 Å². The van der Waals surface area contributed by atoms with E-state index in [-0.39, 0.29) is 5.92 Å². The molecule has 3 nitrogen and oxygen atoms in total. The predicted octanol–water partition coefficient (Wildman–Crippen LogP) is 0.170. The molecule has 1 saturated heterocycles. The van der Waals surface area contributed by atoms with Gasteiger partial charge in [-0.15, -0.1) is 0 Å². The quantitative estimate of drug-likeness (QED) is 0.528. The summed E-state index contributed by atoms with van der Waals surface area (Å²) in [6, 6.07) is 0. The lowest BCUT2D eigenvalue weighted by Crippen LogP contribution is -2.62. The Kier molecular flexibility index (Phi) is 1.57. The van der Waals surface area contributed by atoms with E-state index >= 15 is 0 Å². The summed E-state index contributed by atoms with van der Waals surface area (Å²) in [5, 5.41) is 18.0. The van der Waals surface area contributed by atoms with Gasteiger partial charge in [0, 0.05) is 0 Å². The Morgan fingerprint density at radius 3 is 2.40 bits per heavy atom. The van der Waals surface area contributed by atoms with Crippen molar-refractivity contribution in [3.63, 3.8) is 0 Å². The summed E-state index contributed by atoms with van der Waals surface area (Å²) in [4.78, 5) is 1.56. The van der Waals surface area contributed by atoms with Gasteiger partial charge in [0.2, 0.25) is 0 Å². The zero-order valence-electron chi connectivity index (χ0n) is 6.33. The molecule has 0 spiro atoms. The Balaban J connectivity index is 2.43. The lowest BCUT2D eigenvalue weighted by molar-refractivity contribution is -0.105. The molecule has 0 aromatic heterocycles. The van der Waals surface area contributed by atoms with Gasteiger partial charge in [-0.1, -0.05) is 13.8 Å². The first kappa shape index (κ1) is 7.36. The fourth-order valence-corrected chi connectivity index (χ4v) is 1.05. The molecular formula is C7H12N2O. The molecule has 56 valence electrons. The van der Waals surface area contributed by atoms with Gasteiger partial charge in [0.15, 0.2) is 6.19 Å². The molecule has 1 N–H and O–H groups in total. The Hall–Kier alpha value is -0.750. The van der Waals surface area contributed by atoms with Crippen molar-refractivity contribution in [1.82, 2.24) is 4.90 Å². The molecule has 1 aliphatic heterocycles. The van der Waals surface area contributed by atoms with Gasteiger partial charge in [0.1, 0.15) is 5.60 Å². The third-order valence-electron chi connectivity index (χ3n) is 2.15. The molecule has 0 amide bonds. The minimum Gasteiger partial charge on any atom is -0.386 e. The predicted molar refractivity (Wildman–Crippen MR) is 37.0 cm³/mol. The number of hydrogen-bond donors (Lipinski definition) is 1. The first-order valence-electron chi connectivity index (χ1n) is 3.45. The van der Waals surface area contributed by atoms with Gasteiger partial charge in [-0.05, 0) is 5.92 Å². The minimum atomic E-state index is -0.601. The van der Waals surface area contributed by atoms with Crippen molar-refractivity contribution in [2.45, 2.75) is 19.4 Å². The van der Waals surface area contributed by atoms with Gasteiger partial charge >= 0.3 is 0 Å². The normalized spacial score (nSPS) is 22.1. The van der Waals surface area contributed by atoms with Gasteiger partial charge in [-0.25, -0.2) is 0 Å². The first-order valence-corrected chi connectivity index (χ1v) is 3.45. The Morgan fingerprint density at radius 1 is 1.60 bits per heavy atom. The molecule has 1 fully saturated rings. The number of hydrogen-bond acceptors (Lipinski definition) is 3. The fraction of sp³-hybridized carbons (Fsp3) is 0.857. The highest BCUT2D eigenvalue weighted by Crippen LogP contribution is 2.27. The average Bonchev–Trinajstić information content (AvgIpc) is 1.80. The molecule has 0 radical (unpaired) electrons. The topological polar surface area (TPSA) is 47.3 Å². The van der Waals surface area contributed by atoms with Crippen LogP contribution in [0.25, 0.3) is 0 Å². The van der Waals surface area contributed by atoms with E-state index < -0.39 is 5.60 Å². The maximum atomic E-state index is 9.60. The average molecular weight is 140 g/mol. The molecule has 0 unspecified atom stereocenters. The molecule has 1 aliphatic rings. The number of rotatable bonds is 1. The minimum absolute atomic E-state index is 0.247. The molecule has 0 saturated carbocycles. The smallest absolute Gasteiger partial charge is 0.179 e. The van der Waals surface area contributed by atoms with Crippen molar-refractivity contribution < 1.29 is 5.11 Å². The van der Waals surface area contributed by atoms with Crippen LogP contribution in [-0.2, 0) is 0 Å². The van der Waals surface area contributed by atoms with Crippen molar-refractivity contribution in [3.05, 3.63) is 0 Å². The molecule has 1 heterocycles. The standard InChI is InChI=1S/C7H12N2O/c1-6(2)7(10)3-9(4-7)5-8/h6,10H,3-4H2,1-2H3. The van der Waals surface area contributed by atoms with Gasteiger partial charge in [-0.2, -0.15) is 5.26 Å². The Bertz CT molecular complexity index is 165. The molecular weight excluding hydrogens is 128 g/mol. The largest absolute Gasteiger partial charge is 0.386 e. The second-order valence-corrected chi connectivity index (χ2v) is 3.21.